The predicted molar refractivity (Wildman–Crippen MR) is 107 cm³/mol. The zero-order valence-electron chi connectivity index (χ0n) is 16.7. The Labute approximate surface area is 168 Å². The highest BCUT2D eigenvalue weighted by Crippen LogP contribution is 2.44. The number of piperidine rings is 1. The first-order chi connectivity index (χ1) is 14.2. The Morgan fingerprint density at radius 1 is 0.897 bits per heavy atom. The molecule has 0 radical (unpaired) electrons. The van der Waals surface area contributed by atoms with Crippen LogP contribution in [0.2, 0.25) is 0 Å². The van der Waals surface area contributed by atoms with Crippen LogP contribution in [-0.4, -0.2) is 60.5 Å². The number of methoxy groups -OCH3 is 3. The summed E-state index contributed by atoms with van der Waals surface area (Å²) in [7, 11) is 4.77. The molecule has 9 heteroatoms. The van der Waals surface area contributed by atoms with Crippen LogP contribution in [0.4, 0.5) is 5.82 Å². The van der Waals surface area contributed by atoms with Crippen LogP contribution in [0, 0.1) is 0 Å². The number of hydrogen-bond acceptors (Lipinski definition) is 9. The van der Waals surface area contributed by atoms with Crippen molar-refractivity contribution in [3.63, 3.8) is 0 Å². The van der Waals surface area contributed by atoms with E-state index < -0.39 is 0 Å². The van der Waals surface area contributed by atoms with Gasteiger partial charge in [-0.2, -0.15) is 0 Å². The van der Waals surface area contributed by atoms with E-state index in [4.69, 9.17) is 18.9 Å². The van der Waals surface area contributed by atoms with Crippen LogP contribution in [0.25, 0.3) is 10.9 Å². The minimum absolute atomic E-state index is 0.0749. The van der Waals surface area contributed by atoms with Crippen molar-refractivity contribution in [3.05, 3.63) is 30.9 Å². The van der Waals surface area contributed by atoms with Crippen molar-refractivity contribution >= 4 is 16.7 Å². The highest BCUT2D eigenvalue weighted by molar-refractivity contribution is 5.97. The van der Waals surface area contributed by atoms with Gasteiger partial charge < -0.3 is 23.8 Å². The van der Waals surface area contributed by atoms with Gasteiger partial charge in [-0.15, -0.1) is 0 Å². The second-order valence-corrected chi connectivity index (χ2v) is 6.57. The van der Waals surface area contributed by atoms with Crippen molar-refractivity contribution < 1.29 is 18.9 Å². The van der Waals surface area contributed by atoms with Gasteiger partial charge in [0.2, 0.25) is 5.75 Å². The third-order valence-electron chi connectivity index (χ3n) is 4.97. The lowest BCUT2D eigenvalue weighted by Gasteiger charge is -2.33. The number of hydrogen-bond donors (Lipinski definition) is 0. The molecule has 1 aromatic carbocycles. The Kier molecular flexibility index (Phi) is 5.46. The van der Waals surface area contributed by atoms with Gasteiger partial charge in [-0.3, -0.25) is 0 Å². The van der Waals surface area contributed by atoms with Crippen LogP contribution in [-0.2, 0) is 0 Å². The minimum Gasteiger partial charge on any atom is -0.493 e. The average molecular weight is 397 g/mol. The maximum atomic E-state index is 5.89. The van der Waals surface area contributed by atoms with Gasteiger partial charge in [0.25, 0.3) is 0 Å². The second kappa shape index (κ2) is 8.34. The van der Waals surface area contributed by atoms with E-state index in [1.807, 2.05) is 6.07 Å². The van der Waals surface area contributed by atoms with E-state index in [0.29, 0.717) is 28.8 Å². The maximum Gasteiger partial charge on any atom is 0.316 e. The van der Waals surface area contributed by atoms with E-state index in [0.717, 1.165) is 37.1 Å². The molecule has 0 saturated carbocycles. The molecule has 0 bridgehead atoms. The standard InChI is InChI=1S/C20H23N5O4/c1-26-15-11-14-16(18(28-3)17(15)27-2)23-12-24-19(14)25-9-5-13(6-10-25)29-20-21-7-4-8-22-20/h4,7-8,11-13H,5-6,9-10H2,1-3H3. The quantitative estimate of drug-likeness (QED) is 0.622. The zero-order valence-corrected chi connectivity index (χ0v) is 16.7. The zero-order chi connectivity index (χ0) is 20.2. The Bertz CT molecular complexity index is 978. The van der Waals surface area contributed by atoms with Gasteiger partial charge in [-0.25, -0.2) is 19.9 Å². The van der Waals surface area contributed by atoms with Gasteiger partial charge in [0.1, 0.15) is 23.8 Å². The van der Waals surface area contributed by atoms with Crippen molar-refractivity contribution in [1.82, 2.24) is 19.9 Å². The molecule has 3 heterocycles. The highest BCUT2D eigenvalue weighted by Gasteiger charge is 2.26. The lowest BCUT2D eigenvalue weighted by atomic mass is 10.1. The van der Waals surface area contributed by atoms with E-state index in [2.05, 4.69) is 24.8 Å². The van der Waals surface area contributed by atoms with Gasteiger partial charge in [0.05, 0.1) is 26.7 Å². The van der Waals surface area contributed by atoms with E-state index in [1.54, 1.807) is 46.1 Å². The first kappa shape index (κ1) is 19.0. The molecule has 0 unspecified atom stereocenters. The second-order valence-electron chi connectivity index (χ2n) is 6.57. The topological polar surface area (TPSA) is 91.7 Å². The Morgan fingerprint density at radius 2 is 1.62 bits per heavy atom. The normalized spacial score (nSPS) is 14.7. The third-order valence-corrected chi connectivity index (χ3v) is 4.97. The highest BCUT2D eigenvalue weighted by atomic mass is 16.5. The molecular weight excluding hydrogens is 374 g/mol. The van der Waals surface area contributed by atoms with Gasteiger partial charge in [-0.05, 0) is 12.1 Å². The number of fused-ring (bicyclic) bond motifs is 1. The fourth-order valence-electron chi connectivity index (χ4n) is 3.58. The molecule has 4 rings (SSSR count). The lowest BCUT2D eigenvalue weighted by molar-refractivity contribution is 0.156. The smallest absolute Gasteiger partial charge is 0.316 e. The molecule has 1 fully saturated rings. The summed E-state index contributed by atoms with van der Waals surface area (Å²) in [5.74, 6) is 2.46. The first-order valence-corrected chi connectivity index (χ1v) is 9.37. The van der Waals surface area contributed by atoms with Gasteiger partial charge in [0, 0.05) is 38.3 Å². The molecule has 1 saturated heterocycles. The van der Waals surface area contributed by atoms with Crippen LogP contribution >= 0.6 is 0 Å². The van der Waals surface area contributed by atoms with Crippen LogP contribution < -0.4 is 23.8 Å². The monoisotopic (exact) mass is 397 g/mol. The lowest BCUT2D eigenvalue weighted by Crippen LogP contribution is -2.39. The number of nitrogens with zero attached hydrogens (tertiary/aromatic N) is 5. The summed E-state index contributed by atoms with van der Waals surface area (Å²) in [5, 5.41) is 0.854. The van der Waals surface area contributed by atoms with E-state index in [9.17, 15) is 0 Å². The van der Waals surface area contributed by atoms with Crippen molar-refractivity contribution in [2.75, 3.05) is 39.3 Å². The summed E-state index contributed by atoms with van der Waals surface area (Å²) in [4.78, 5) is 19.5. The first-order valence-electron chi connectivity index (χ1n) is 9.37. The van der Waals surface area contributed by atoms with Crippen molar-refractivity contribution in [2.24, 2.45) is 0 Å². The number of aromatic nitrogens is 4. The van der Waals surface area contributed by atoms with Gasteiger partial charge in [0.15, 0.2) is 11.5 Å². The van der Waals surface area contributed by atoms with Crippen molar-refractivity contribution in [1.29, 1.82) is 0 Å². The molecule has 0 amide bonds. The Hall–Kier alpha value is -3.36. The molecule has 0 spiro atoms. The molecule has 9 nitrogen and oxygen atoms in total. The van der Waals surface area contributed by atoms with Crippen LogP contribution in [0.5, 0.6) is 23.3 Å². The molecular formula is C20H23N5O4. The summed E-state index contributed by atoms with van der Waals surface area (Å²) in [6.45, 7) is 1.58. The third kappa shape index (κ3) is 3.67. The predicted octanol–water partition coefficient (Wildman–Crippen LogP) is 2.49. The number of ether oxygens (including phenoxy) is 4. The molecule has 0 atom stereocenters. The molecule has 2 aromatic heterocycles. The Balaban J connectivity index is 1.60. The average Bonchev–Trinajstić information content (AvgIpc) is 2.78. The summed E-state index contributed by atoms with van der Waals surface area (Å²) >= 11 is 0. The van der Waals surface area contributed by atoms with Crippen molar-refractivity contribution in [2.45, 2.75) is 18.9 Å². The fraction of sp³-hybridized carbons (Fsp3) is 0.400. The summed E-state index contributed by atoms with van der Waals surface area (Å²) in [6.07, 6.45) is 6.67. The van der Waals surface area contributed by atoms with E-state index >= 15 is 0 Å². The summed E-state index contributed by atoms with van der Waals surface area (Å²) in [6, 6.07) is 4.08. The SMILES string of the molecule is COc1cc2c(N3CCC(Oc4ncccn4)CC3)ncnc2c(OC)c1OC. The van der Waals surface area contributed by atoms with Crippen LogP contribution in [0.3, 0.4) is 0 Å². The molecule has 1 aliphatic heterocycles. The minimum atomic E-state index is 0.0749. The van der Waals surface area contributed by atoms with Crippen molar-refractivity contribution in [3.8, 4) is 23.3 Å². The molecule has 29 heavy (non-hydrogen) atoms. The van der Waals surface area contributed by atoms with E-state index in [-0.39, 0.29) is 6.10 Å². The fourth-order valence-corrected chi connectivity index (χ4v) is 3.58. The molecule has 3 aromatic rings. The van der Waals surface area contributed by atoms with Crippen LogP contribution in [0.15, 0.2) is 30.9 Å². The van der Waals surface area contributed by atoms with Crippen LogP contribution in [0.1, 0.15) is 12.8 Å². The molecule has 0 aliphatic carbocycles. The largest absolute Gasteiger partial charge is 0.493 e. The molecule has 152 valence electrons. The molecule has 1 aliphatic rings. The van der Waals surface area contributed by atoms with Gasteiger partial charge >= 0.3 is 6.01 Å². The summed E-state index contributed by atoms with van der Waals surface area (Å²) < 4.78 is 22.4. The Morgan fingerprint density at radius 3 is 2.28 bits per heavy atom. The van der Waals surface area contributed by atoms with E-state index in [1.165, 1.54) is 0 Å². The maximum absolute atomic E-state index is 5.89. The van der Waals surface area contributed by atoms with Gasteiger partial charge in [-0.1, -0.05) is 0 Å². The number of rotatable bonds is 6. The molecule has 0 N–H and O–H groups in total. The summed E-state index contributed by atoms with van der Waals surface area (Å²) in [5.41, 5.74) is 0.686. The number of anilines is 1. The number of benzene rings is 1.